The Bertz CT molecular complexity index is 611. The first kappa shape index (κ1) is 15.5. The van der Waals surface area contributed by atoms with Crippen molar-refractivity contribution in [2.45, 2.75) is 25.6 Å². The van der Waals surface area contributed by atoms with Gasteiger partial charge in [-0.05, 0) is 35.2 Å². The second kappa shape index (κ2) is 6.24. The summed E-state index contributed by atoms with van der Waals surface area (Å²) in [5.74, 6) is 5.53. The fourth-order valence-electron chi connectivity index (χ4n) is 2.37. The van der Waals surface area contributed by atoms with Crippen molar-refractivity contribution < 1.29 is 13.2 Å². The molecule has 0 fully saturated rings. The van der Waals surface area contributed by atoms with Gasteiger partial charge in [0.25, 0.3) is 0 Å². The SMILES string of the molecule is CCc1cnccc1C(NN)c1ccccc1C(F)(F)F. The normalized spacial score (nSPS) is 13.2. The van der Waals surface area contributed by atoms with Gasteiger partial charge in [0.15, 0.2) is 0 Å². The lowest BCUT2D eigenvalue weighted by molar-refractivity contribution is -0.138. The largest absolute Gasteiger partial charge is 0.416 e. The molecule has 112 valence electrons. The predicted molar refractivity (Wildman–Crippen MR) is 74.2 cm³/mol. The fraction of sp³-hybridized carbons (Fsp3) is 0.267. The van der Waals surface area contributed by atoms with E-state index in [9.17, 15) is 13.2 Å². The van der Waals surface area contributed by atoms with Crippen LogP contribution in [0.25, 0.3) is 0 Å². The zero-order chi connectivity index (χ0) is 15.5. The number of benzene rings is 1. The third kappa shape index (κ3) is 3.22. The molecule has 3 N–H and O–H groups in total. The van der Waals surface area contributed by atoms with Crippen molar-refractivity contribution in [3.8, 4) is 0 Å². The van der Waals surface area contributed by atoms with Crippen molar-refractivity contribution in [1.82, 2.24) is 10.4 Å². The van der Waals surface area contributed by atoms with Crippen LogP contribution in [-0.2, 0) is 12.6 Å². The summed E-state index contributed by atoms with van der Waals surface area (Å²) in [5, 5.41) is 0. The number of hydrogen-bond acceptors (Lipinski definition) is 3. The zero-order valence-corrected chi connectivity index (χ0v) is 11.5. The summed E-state index contributed by atoms with van der Waals surface area (Å²) in [7, 11) is 0. The van der Waals surface area contributed by atoms with Gasteiger partial charge in [-0.3, -0.25) is 10.8 Å². The van der Waals surface area contributed by atoms with Crippen LogP contribution in [0.2, 0.25) is 0 Å². The number of alkyl halides is 3. The first-order valence-electron chi connectivity index (χ1n) is 6.54. The third-order valence-corrected chi connectivity index (χ3v) is 3.38. The molecule has 3 nitrogen and oxygen atoms in total. The Balaban J connectivity index is 2.58. The van der Waals surface area contributed by atoms with E-state index >= 15 is 0 Å². The standard InChI is InChI=1S/C15H16F3N3/c1-2-10-9-20-8-7-11(10)14(21-19)12-5-3-4-6-13(12)15(16,17)18/h3-9,14,21H,2,19H2,1H3. The number of nitrogens with zero attached hydrogens (tertiary/aromatic N) is 1. The van der Waals surface area contributed by atoms with Gasteiger partial charge in [0.05, 0.1) is 11.6 Å². The van der Waals surface area contributed by atoms with E-state index in [4.69, 9.17) is 5.84 Å². The third-order valence-electron chi connectivity index (χ3n) is 3.38. The number of pyridine rings is 1. The molecular weight excluding hydrogens is 279 g/mol. The smallest absolute Gasteiger partial charge is 0.271 e. The summed E-state index contributed by atoms with van der Waals surface area (Å²) >= 11 is 0. The van der Waals surface area contributed by atoms with Gasteiger partial charge in [-0.2, -0.15) is 13.2 Å². The van der Waals surface area contributed by atoms with Crippen molar-refractivity contribution in [1.29, 1.82) is 0 Å². The van der Waals surface area contributed by atoms with Gasteiger partial charge in [0, 0.05) is 12.4 Å². The van der Waals surface area contributed by atoms with E-state index in [2.05, 4.69) is 10.4 Å². The van der Waals surface area contributed by atoms with Crippen molar-refractivity contribution in [2.75, 3.05) is 0 Å². The van der Waals surface area contributed by atoms with E-state index in [0.717, 1.165) is 11.6 Å². The van der Waals surface area contributed by atoms with Crippen LogP contribution in [0.4, 0.5) is 13.2 Å². The van der Waals surface area contributed by atoms with Crippen molar-refractivity contribution in [3.63, 3.8) is 0 Å². The number of hydrogen-bond donors (Lipinski definition) is 2. The molecule has 0 radical (unpaired) electrons. The lowest BCUT2D eigenvalue weighted by atomic mass is 9.92. The predicted octanol–water partition coefficient (Wildman–Crippen LogP) is 3.22. The first-order chi connectivity index (χ1) is 9.99. The molecule has 2 aromatic rings. The van der Waals surface area contributed by atoms with Crippen LogP contribution >= 0.6 is 0 Å². The van der Waals surface area contributed by atoms with E-state index in [0.29, 0.717) is 12.0 Å². The Hall–Kier alpha value is -1.92. The van der Waals surface area contributed by atoms with Crippen molar-refractivity contribution in [2.24, 2.45) is 5.84 Å². The molecular formula is C15H16F3N3. The highest BCUT2D eigenvalue weighted by atomic mass is 19.4. The van der Waals surface area contributed by atoms with Crippen molar-refractivity contribution in [3.05, 3.63) is 65.0 Å². The van der Waals surface area contributed by atoms with E-state index in [1.54, 1.807) is 24.5 Å². The molecule has 1 aromatic heterocycles. The molecule has 0 aliphatic rings. The topological polar surface area (TPSA) is 50.9 Å². The Kier molecular flexibility index (Phi) is 4.59. The average molecular weight is 295 g/mol. The maximum atomic E-state index is 13.2. The second-order valence-electron chi connectivity index (χ2n) is 4.61. The summed E-state index contributed by atoms with van der Waals surface area (Å²) in [6.07, 6.45) is -0.564. The fourth-order valence-corrected chi connectivity index (χ4v) is 2.37. The number of aromatic nitrogens is 1. The molecule has 1 heterocycles. The van der Waals surface area contributed by atoms with Crippen LogP contribution in [0, 0.1) is 0 Å². The Morgan fingerprint density at radius 3 is 2.52 bits per heavy atom. The Labute approximate surface area is 121 Å². The molecule has 2 rings (SSSR count). The summed E-state index contributed by atoms with van der Waals surface area (Å²) in [4.78, 5) is 4.01. The summed E-state index contributed by atoms with van der Waals surface area (Å²) in [6, 6.07) is 6.39. The van der Waals surface area contributed by atoms with Gasteiger partial charge in [-0.15, -0.1) is 0 Å². The Morgan fingerprint density at radius 2 is 1.90 bits per heavy atom. The molecule has 0 spiro atoms. The van der Waals surface area contributed by atoms with E-state index in [1.807, 2.05) is 6.92 Å². The monoisotopic (exact) mass is 295 g/mol. The van der Waals surface area contributed by atoms with Crippen molar-refractivity contribution >= 4 is 0 Å². The van der Waals surface area contributed by atoms with Crippen LogP contribution in [0.1, 0.15) is 35.2 Å². The van der Waals surface area contributed by atoms with E-state index in [1.165, 1.54) is 12.1 Å². The minimum atomic E-state index is -4.43. The molecule has 0 bridgehead atoms. The quantitative estimate of drug-likeness (QED) is 0.672. The first-order valence-corrected chi connectivity index (χ1v) is 6.54. The second-order valence-corrected chi connectivity index (χ2v) is 4.61. The molecule has 0 saturated heterocycles. The van der Waals surface area contributed by atoms with Gasteiger partial charge < -0.3 is 0 Å². The molecule has 1 aromatic carbocycles. The maximum Gasteiger partial charge on any atom is 0.416 e. The highest BCUT2D eigenvalue weighted by Crippen LogP contribution is 2.36. The van der Waals surface area contributed by atoms with Crippen LogP contribution in [0.3, 0.4) is 0 Å². The van der Waals surface area contributed by atoms with E-state index in [-0.39, 0.29) is 5.56 Å². The summed E-state index contributed by atoms with van der Waals surface area (Å²) in [5.41, 5.74) is 3.47. The van der Waals surface area contributed by atoms with Crippen LogP contribution in [0.5, 0.6) is 0 Å². The Morgan fingerprint density at radius 1 is 1.19 bits per heavy atom. The number of hydrazine groups is 1. The van der Waals surface area contributed by atoms with Crippen LogP contribution < -0.4 is 11.3 Å². The van der Waals surface area contributed by atoms with Gasteiger partial charge in [-0.25, -0.2) is 5.43 Å². The van der Waals surface area contributed by atoms with Crippen LogP contribution in [-0.4, -0.2) is 4.98 Å². The number of nitrogens with two attached hydrogens (primary N) is 1. The zero-order valence-electron chi connectivity index (χ0n) is 11.5. The molecule has 6 heteroatoms. The molecule has 0 saturated carbocycles. The van der Waals surface area contributed by atoms with E-state index < -0.39 is 17.8 Å². The lowest BCUT2D eigenvalue weighted by Gasteiger charge is -2.23. The van der Waals surface area contributed by atoms with Gasteiger partial charge >= 0.3 is 6.18 Å². The minimum absolute atomic E-state index is 0.105. The minimum Gasteiger partial charge on any atom is -0.271 e. The summed E-state index contributed by atoms with van der Waals surface area (Å²) < 4.78 is 39.5. The molecule has 21 heavy (non-hydrogen) atoms. The summed E-state index contributed by atoms with van der Waals surface area (Å²) in [6.45, 7) is 1.92. The molecule has 1 atom stereocenters. The molecule has 1 unspecified atom stereocenters. The molecule has 0 aliphatic heterocycles. The van der Waals surface area contributed by atoms with Gasteiger partial charge in [-0.1, -0.05) is 25.1 Å². The molecule has 0 aliphatic carbocycles. The number of nitrogens with one attached hydrogen (secondary N) is 1. The number of halogens is 3. The highest BCUT2D eigenvalue weighted by Gasteiger charge is 2.35. The lowest BCUT2D eigenvalue weighted by Crippen LogP contribution is -2.31. The maximum absolute atomic E-state index is 13.2. The number of rotatable bonds is 4. The highest BCUT2D eigenvalue weighted by molar-refractivity contribution is 5.41. The average Bonchev–Trinajstić information content (AvgIpc) is 2.48. The van der Waals surface area contributed by atoms with Crippen LogP contribution in [0.15, 0.2) is 42.7 Å². The van der Waals surface area contributed by atoms with Gasteiger partial charge in [0.2, 0.25) is 0 Å². The number of aryl methyl sites for hydroxylation is 1. The van der Waals surface area contributed by atoms with Gasteiger partial charge in [0.1, 0.15) is 0 Å². The molecule has 0 amide bonds.